The predicted molar refractivity (Wildman–Crippen MR) is 84.8 cm³/mol. The average molecular weight is 347 g/mol. The van der Waals surface area contributed by atoms with E-state index in [1.54, 1.807) is 13.0 Å². The van der Waals surface area contributed by atoms with Gasteiger partial charge in [0.15, 0.2) is 17.5 Å². The molecule has 2 fully saturated rings. The molecule has 1 aromatic carbocycles. The van der Waals surface area contributed by atoms with Crippen LogP contribution in [0.15, 0.2) is 22.7 Å². The lowest BCUT2D eigenvalue weighted by Gasteiger charge is -2.31. The van der Waals surface area contributed by atoms with Crippen LogP contribution in [0.25, 0.3) is 0 Å². The highest BCUT2D eigenvalue weighted by Crippen LogP contribution is 2.49. The van der Waals surface area contributed by atoms with Gasteiger partial charge in [-0.15, -0.1) is 0 Å². The summed E-state index contributed by atoms with van der Waals surface area (Å²) in [6.07, 6.45) is 2.35. The Morgan fingerprint density at radius 3 is 2.96 bits per heavy atom. The molecule has 1 amide bonds. The molecule has 7 heteroatoms. The van der Waals surface area contributed by atoms with Crippen LogP contribution in [0.3, 0.4) is 0 Å². The van der Waals surface area contributed by atoms with Crippen LogP contribution in [0, 0.1) is 24.5 Å². The van der Waals surface area contributed by atoms with Gasteiger partial charge < -0.3 is 9.42 Å². The van der Waals surface area contributed by atoms with Crippen molar-refractivity contribution in [3.8, 4) is 0 Å². The summed E-state index contributed by atoms with van der Waals surface area (Å²) in [5.74, 6) is -0.946. The molecule has 132 valence electrons. The third-order valence-electron chi connectivity index (χ3n) is 5.13. The van der Waals surface area contributed by atoms with Crippen molar-refractivity contribution in [3.63, 3.8) is 0 Å². The lowest BCUT2D eigenvalue weighted by atomic mass is 9.96. The van der Waals surface area contributed by atoms with Crippen molar-refractivity contribution in [1.29, 1.82) is 0 Å². The van der Waals surface area contributed by atoms with Crippen LogP contribution in [0.1, 0.15) is 48.4 Å². The number of piperidine rings is 1. The second kappa shape index (κ2) is 6.20. The number of amides is 1. The second-order valence-corrected chi connectivity index (χ2v) is 6.89. The molecule has 1 aliphatic carbocycles. The fraction of sp³-hybridized carbons (Fsp3) is 0.500. The summed E-state index contributed by atoms with van der Waals surface area (Å²) >= 11 is 0. The number of halogens is 2. The monoisotopic (exact) mass is 347 g/mol. The summed E-state index contributed by atoms with van der Waals surface area (Å²) in [6, 6.07) is 4.15. The third-order valence-corrected chi connectivity index (χ3v) is 5.13. The van der Waals surface area contributed by atoms with Gasteiger partial charge in [0, 0.05) is 31.8 Å². The summed E-state index contributed by atoms with van der Waals surface area (Å²) in [4.78, 5) is 18.8. The van der Waals surface area contributed by atoms with E-state index in [1.807, 2.05) is 4.90 Å². The van der Waals surface area contributed by atoms with Crippen LogP contribution in [0.5, 0.6) is 0 Å². The number of nitrogens with zero attached hydrogens (tertiary/aromatic N) is 3. The van der Waals surface area contributed by atoms with Gasteiger partial charge in [0.05, 0.1) is 0 Å². The minimum absolute atomic E-state index is 0.0126. The molecule has 25 heavy (non-hydrogen) atoms. The molecule has 2 heterocycles. The molecule has 0 radical (unpaired) electrons. The van der Waals surface area contributed by atoms with E-state index < -0.39 is 11.6 Å². The van der Waals surface area contributed by atoms with E-state index in [0.29, 0.717) is 36.8 Å². The van der Waals surface area contributed by atoms with E-state index in [9.17, 15) is 13.6 Å². The Bertz CT molecular complexity index is 807. The van der Waals surface area contributed by atoms with Crippen LogP contribution in [-0.2, 0) is 4.79 Å². The fourth-order valence-electron chi connectivity index (χ4n) is 3.72. The molecule has 5 nitrogen and oxygen atoms in total. The zero-order valence-electron chi connectivity index (χ0n) is 13.9. The predicted octanol–water partition coefficient (Wildman–Crippen LogP) is 3.17. The van der Waals surface area contributed by atoms with Crippen LogP contribution < -0.4 is 0 Å². The normalized spacial score (nSPS) is 25.9. The average Bonchev–Trinajstić information content (AvgIpc) is 3.29. The molecular formula is C18H19F2N3O2. The van der Waals surface area contributed by atoms with Gasteiger partial charge in [0.25, 0.3) is 0 Å². The Hall–Kier alpha value is -2.31. The standard InChI is InChI=1S/C18H19F2N3O2/c1-10-21-17(22-25-10)11-4-3-7-23(9-11)18(24)14-8-13(14)12-5-2-6-15(19)16(12)20/h2,5-6,11,13-14H,3-4,7-9H2,1H3/t11-,13-,14+/m1/s1. The number of benzene rings is 1. The van der Waals surface area contributed by atoms with Gasteiger partial charge in [0.1, 0.15) is 0 Å². The van der Waals surface area contributed by atoms with Gasteiger partial charge in [-0.3, -0.25) is 4.79 Å². The van der Waals surface area contributed by atoms with E-state index in [0.717, 1.165) is 18.9 Å². The molecule has 3 atom stereocenters. The van der Waals surface area contributed by atoms with Crippen molar-refractivity contribution < 1.29 is 18.1 Å². The van der Waals surface area contributed by atoms with Gasteiger partial charge in [-0.2, -0.15) is 4.98 Å². The third kappa shape index (κ3) is 3.03. The van der Waals surface area contributed by atoms with Crippen LogP contribution >= 0.6 is 0 Å². The highest BCUT2D eigenvalue weighted by atomic mass is 19.2. The molecule has 2 aromatic rings. The first kappa shape index (κ1) is 16.2. The summed E-state index contributed by atoms with van der Waals surface area (Å²) in [5, 5.41) is 3.96. The Morgan fingerprint density at radius 1 is 1.36 bits per heavy atom. The van der Waals surface area contributed by atoms with Crippen LogP contribution in [0.4, 0.5) is 8.78 Å². The molecule has 4 rings (SSSR count). The molecule has 0 bridgehead atoms. The molecule has 0 unspecified atom stereocenters. The number of carbonyl (C=O) groups is 1. The number of aromatic nitrogens is 2. The first-order valence-electron chi connectivity index (χ1n) is 8.57. The van der Waals surface area contributed by atoms with Crippen molar-refractivity contribution in [2.24, 2.45) is 5.92 Å². The SMILES string of the molecule is Cc1nc([C@@H]2CCCN(C(=O)[C@H]3C[C@@H]3c3cccc(F)c3F)C2)no1. The van der Waals surface area contributed by atoms with Crippen molar-refractivity contribution in [2.75, 3.05) is 13.1 Å². The molecule has 1 aliphatic heterocycles. The highest BCUT2D eigenvalue weighted by molar-refractivity contribution is 5.83. The number of hydrogen-bond acceptors (Lipinski definition) is 4. The van der Waals surface area contributed by atoms with Crippen molar-refractivity contribution >= 4 is 5.91 Å². The fourth-order valence-corrected chi connectivity index (χ4v) is 3.72. The number of likely N-dealkylation sites (tertiary alicyclic amines) is 1. The largest absolute Gasteiger partial charge is 0.342 e. The lowest BCUT2D eigenvalue weighted by Crippen LogP contribution is -2.40. The lowest BCUT2D eigenvalue weighted by molar-refractivity contribution is -0.133. The number of hydrogen-bond donors (Lipinski definition) is 0. The zero-order chi connectivity index (χ0) is 17.6. The van der Waals surface area contributed by atoms with E-state index >= 15 is 0 Å². The molecule has 1 saturated carbocycles. The number of carbonyl (C=O) groups excluding carboxylic acids is 1. The molecule has 1 aromatic heterocycles. The first-order chi connectivity index (χ1) is 12.0. The van der Waals surface area contributed by atoms with Crippen molar-refractivity contribution in [3.05, 3.63) is 47.1 Å². The highest BCUT2D eigenvalue weighted by Gasteiger charge is 2.47. The number of rotatable bonds is 3. The smallest absolute Gasteiger partial charge is 0.226 e. The minimum Gasteiger partial charge on any atom is -0.342 e. The second-order valence-electron chi connectivity index (χ2n) is 6.89. The van der Waals surface area contributed by atoms with Gasteiger partial charge >= 0.3 is 0 Å². The Labute approximate surface area is 144 Å². The molecule has 0 spiro atoms. The van der Waals surface area contributed by atoms with Crippen molar-refractivity contribution in [2.45, 2.75) is 38.0 Å². The molecule has 0 N–H and O–H groups in total. The summed E-state index contributed by atoms with van der Waals surface area (Å²) in [5.41, 5.74) is 0.306. The quantitative estimate of drug-likeness (QED) is 0.856. The Morgan fingerprint density at radius 2 is 2.20 bits per heavy atom. The number of aryl methyl sites for hydroxylation is 1. The van der Waals surface area contributed by atoms with Crippen molar-refractivity contribution in [1.82, 2.24) is 15.0 Å². The van der Waals surface area contributed by atoms with E-state index in [-0.39, 0.29) is 23.7 Å². The first-order valence-corrected chi connectivity index (χ1v) is 8.57. The Kier molecular flexibility index (Phi) is 4.01. The van der Waals surface area contributed by atoms with Gasteiger partial charge in [0.2, 0.25) is 11.8 Å². The maximum atomic E-state index is 13.9. The van der Waals surface area contributed by atoms with E-state index in [4.69, 9.17) is 4.52 Å². The molecular weight excluding hydrogens is 328 g/mol. The van der Waals surface area contributed by atoms with Crippen LogP contribution in [-0.4, -0.2) is 34.0 Å². The molecule has 2 aliphatic rings. The maximum absolute atomic E-state index is 13.9. The van der Waals surface area contributed by atoms with E-state index in [2.05, 4.69) is 10.1 Å². The summed E-state index contributed by atoms with van der Waals surface area (Å²) in [6.45, 7) is 2.97. The van der Waals surface area contributed by atoms with Gasteiger partial charge in [-0.05, 0) is 36.8 Å². The minimum atomic E-state index is -0.860. The summed E-state index contributed by atoms with van der Waals surface area (Å²) < 4.78 is 32.4. The van der Waals surface area contributed by atoms with Crippen LogP contribution in [0.2, 0.25) is 0 Å². The molecule has 1 saturated heterocycles. The van der Waals surface area contributed by atoms with Gasteiger partial charge in [-0.25, -0.2) is 8.78 Å². The van der Waals surface area contributed by atoms with Gasteiger partial charge in [-0.1, -0.05) is 17.3 Å². The maximum Gasteiger partial charge on any atom is 0.226 e. The topological polar surface area (TPSA) is 59.2 Å². The Balaban J connectivity index is 1.44. The summed E-state index contributed by atoms with van der Waals surface area (Å²) in [7, 11) is 0. The zero-order valence-corrected chi connectivity index (χ0v) is 13.9. The van der Waals surface area contributed by atoms with E-state index in [1.165, 1.54) is 6.07 Å².